The lowest BCUT2D eigenvalue weighted by Gasteiger charge is -2.29. The molecule has 0 aliphatic carbocycles. The van der Waals surface area contributed by atoms with Gasteiger partial charge in [0.05, 0.1) is 0 Å². The first kappa shape index (κ1) is 39.5. The topological polar surface area (TPSA) is 61.9 Å². The molecular formula is C24H56N2O6S4Si2. The highest BCUT2D eigenvalue weighted by molar-refractivity contribution is 9.26. The minimum absolute atomic E-state index is 0.631. The van der Waals surface area contributed by atoms with Crippen molar-refractivity contribution >= 4 is 58.8 Å². The Labute approximate surface area is 252 Å². The van der Waals surface area contributed by atoms with E-state index in [0.717, 1.165) is 62.4 Å². The van der Waals surface area contributed by atoms with Crippen molar-refractivity contribution in [2.45, 2.75) is 65.5 Å². The largest absolute Gasteiger partial charge is 0.500 e. The molecule has 0 aromatic carbocycles. The molecule has 0 rings (SSSR count). The summed E-state index contributed by atoms with van der Waals surface area (Å²) in [6.45, 7) is 14.0. The van der Waals surface area contributed by atoms with Gasteiger partial charge < -0.3 is 36.4 Å². The number of hydrogen-bond donors (Lipinski definition) is 0. The van der Waals surface area contributed by atoms with Gasteiger partial charge in [0.2, 0.25) is 0 Å². The predicted octanol–water partition coefficient (Wildman–Crippen LogP) is 6.40. The summed E-state index contributed by atoms with van der Waals surface area (Å²) < 4.78 is 36.8. The quantitative estimate of drug-likeness (QED) is 0.0510. The van der Waals surface area contributed by atoms with Crippen molar-refractivity contribution in [3.8, 4) is 0 Å². The van der Waals surface area contributed by atoms with E-state index in [1.165, 1.54) is 0 Å². The molecule has 0 aromatic rings. The zero-order valence-corrected chi connectivity index (χ0v) is 30.6. The number of rotatable bonds is 29. The van der Waals surface area contributed by atoms with Crippen LogP contribution in [0.4, 0.5) is 0 Å². The van der Waals surface area contributed by atoms with Gasteiger partial charge in [-0.2, -0.15) is 0 Å². The van der Waals surface area contributed by atoms with E-state index in [1.54, 1.807) is 0 Å². The average Bonchev–Trinajstić information content (AvgIpc) is 2.86. The van der Waals surface area contributed by atoms with Crippen LogP contribution in [-0.4, -0.2) is 120 Å². The smallest absolute Gasteiger partial charge is 0.374 e. The Morgan fingerprint density at radius 2 is 0.842 bits per heavy atom. The van der Waals surface area contributed by atoms with Crippen LogP contribution in [-0.2, 0) is 26.6 Å². The van der Waals surface area contributed by atoms with E-state index in [4.69, 9.17) is 26.6 Å². The third-order valence-electron chi connectivity index (χ3n) is 5.15. The summed E-state index contributed by atoms with van der Waals surface area (Å²) in [5, 5.41) is 0. The molecule has 0 N–H and O–H groups in total. The van der Waals surface area contributed by atoms with Crippen LogP contribution in [0.3, 0.4) is 0 Å². The van der Waals surface area contributed by atoms with Crippen molar-refractivity contribution in [1.82, 2.24) is 9.80 Å². The van der Waals surface area contributed by atoms with Crippen molar-refractivity contribution in [3.63, 3.8) is 0 Å². The van der Waals surface area contributed by atoms with Crippen molar-refractivity contribution < 1.29 is 26.6 Å². The van der Waals surface area contributed by atoms with Crippen LogP contribution in [0.2, 0.25) is 12.1 Å². The minimum atomic E-state index is -2.59. The highest BCUT2D eigenvalue weighted by atomic mass is 33.7. The van der Waals surface area contributed by atoms with E-state index >= 15 is 0 Å². The van der Waals surface area contributed by atoms with Gasteiger partial charge in [-0.15, -0.1) is 0 Å². The van der Waals surface area contributed by atoms with Gasteiger partial charge in [-0.25, -0.2) is 0 Å². The summed E-state index contributed by atoms with van der Waals surface area (Å²) in [5.74, 6) is 2.11. The highest BCUT2D eigenvalue weighted by Crippen LogP contribution is 2.44. The maximum atomic E-state index is 6.25. The van der Waals surface area contributed by atoms with E-state index in [0.29, 0.717) is 39.6 Å². The second kappa shape index (κ2) is 26.2. The summed E-state index contributed by atoms with van der Waals surface area (Å²) in [4.78, 5) is 4.35. The molecule has 0 bridgehead atoms. The minimum Gasteiger partial charge on any atom is -0.374 e. The maximum Gasteiger partial charge on any atom is 0.500 e. The molecule has 0 radical (unpaired) electrons. The zero-order chi connectivity index (χ0) is 28.5. The fourth-order valence-corrected chi connectivity index (χ4v) is 15.5. The monoisotopic (exact) mass is 652 g/mol. The molecule has 230 valence electrons. The molecule has 0 atom stereocenters. The van der Waals surface area contributed by atoms with Crippen molar-refractivity contribution in [2.24, 2.45) is 0 Å². The van der Waals surface area contributed by atoms with Crippen LogP contribution in [0.25, 0.3) is 0 Å². The normalized spacial score (nSPS) is 12.8. The lowest BCUT2D eigenvalue weighted by molar-refractivity contribution is 0.0639. The molecule has 0 unspecified atom stereocenters. The van der Waals surface area contributed by atoms with Gasteiger partial charge in [0, 0.05) is 63.2 Å². The van der Waals surface area contributed by atoms with Crippen LogP contribution in [0.15, 0.2) is 0 Å². The lowest BCUT2D eigenvalue weighted by Crippen LogP contribution is -2.46. The summed E-state index contributed by atoms with van der Waals surface area (Å²) in [7, 11) is 10.6. The SMILES string of the molecule is CCO[Si](CCCSSSSCCC[Si](OCC)(OCC)OCCCN(C)C)(OCC)OCCCN(C)C. The lowest BCUT2D eigenvalue weighted by atomic mass is 10.4. The van der Waals surface area contributed by atoms with Crippen molar-refractivity contribution in [2.75, 3.05) is 92.4 Å². The predicted molar refractivity (Wildman–Crippen MR) is 175 cm³/mol. The Bertz CT molecular complexity index is 478. The Morgan fingerprint density at radius 3 is 1.13 bits per heavy atom. The van der Waals surface area contributed by atoms with E-state index in [-0.39, 0.29) is 0 Å². The molecule has 0 fully saturated rings. The first-order valence-electron chi connectivity index (χ1n) is 14.0. The Hall–Kier alpha value is 1.51. The molecule has 8 nitrogen and oxygen atoms in total. The van der Waals surface area contributed by atoms with Crippen LogP contribution in [0.5, 0.6) is 0 Å². The summed E-state index contributed by atoms with van der Waals surface area (Å²) in [6.07, 6.45) is 4.04. The van der Waals surface area contributed by atoms with E-state index in [1.807, 2.05) is 68.9 Å². The van der Waals surface area contributed by atoms with E-state index < -0.39 is 17.6 Å². The third-order valence-corrected chi connectivity index (χ3v) is 17.9. The van der Waals surface area contributed by atoms with Gasteiger partial charge in [0.15, 0.2) is 0 Å². The Balaban J connectivity index is 4.25. The zero-order valence-electron chi connectivity index (χ0n) is 25.3. The van der Waals surface area contributed by atoms with Gasteiger partial charge in [0.25, 0.3) is 0 Å². The van der Waals surface area contributed by atoms with E-state index in [2.05, 4.69) is 38.0 Å². The fourth-order valence-electron chi connectivity index (χ4n) is 3.58. The Morgan fingerprint density at radius 1 is 0.500 bits per heavy atom. The molecule has 14 heteroatoms. The highest BCUT2D eigenvalue weighted by Gasteiger charge is 2.40. The van der Waals surface area contributed by atoms with Crippen LogP contribution < -0.4 is 0 Å². The van der Waals surface area contributed by atoms with Gasteiger partial charge in [-0.05, 0) is 114 Å². The average molecular weight is 653 g/mol. The van der Waals surface area contributed by atoms with Crippen LogP contribution in [0.1, 0.15) is 53.4 Å². The molecule has 0 aromatic heterocycles. The summed E-state index contributed by atoms with van der Waals surface area (Å²) in [6, 6.07) is 1.75. The van der Waals surface area contributed by atoms with Crippen LogP contribution >= 0.6 is 41.2 Å². The second-order valence-electron chi connectivity index (χ2n) is 9.10. The van der Waals surface area contributed by atoms with E-state index in [9.17, 15) is 0 Å². The Kier molecular flexibility index (Phi) is 27.2. The van der Waals surface area contributed by atoms with Gasteiger partial charge in [-0.3, -0.25) is 0 Å². The number of hydrogen-bond acceptors (Lipinski definition) is 12. The molecule has 0 spiro atoms. The second-order valence-corrected chi connectivity index (χ2v) is 20.8. The van der Waals surface area contributed by atoms with Crippen molar-refractivity contribution in [3.05, 3.63) is 0 Å². The first-order chi connectivity index (χ1) is 18.3. The molecule has 0 aliphatic heterocycles. The molecule has 0 saturated carbocycles. The molecule has 38 heavy (non-hydrogen) atoms. The summed E-state index contributed by atoms with van der Waals surface area (Å²) in [5.41, 5.74) is 0. The van der Waals surface area contributed by atoms with Gasteiger partial charge in [-0.1, -0.05) is 21.6 Å². The molecular weight excluding hydrogens is 597 g/mol. The third kappa shape index (κ3) is 21.3. The van der Waals surface area contributed by atoms with Gasteiger partial charge >= 0.3 is 17.6 Å². The van der Waals surface area contributed by atoms with Crippen molar-refractivity contribution in [1.29, 1.82) is 0 Å². The fraction of sp³-hybridized carbons (Fsp3) is 1.00. The van der Waals surface area contributed by atoms with Gasteiger partial charge in [0.1, 0.15) is 0 Å². The molecule has 0 aliphatic rings. The van der Waals surface area contributed by atoms with Crippen LogP contribution in [0, 0.1) is 0 Å². The summed E-state index contributed by atoms with van der Waals surface area (Å²) >= 11 is 0. The standard InChI is InChI=1S/C24H56N2O6S4Si2/c1-9-27-37(28-10-2,31-19-13-17-25(5)6)23-15-21-33-35-36-34-22-16-24-38(29-11-3,30-12-4)32-20-14-18-26(7)8/h9-24H2,1-8H3. The maximum absolute atomic E-state index is 6.25. The molecule has 0 heterocycles. The number of nitrogens with zero attached hydrogens (tertiary/aromatic N) is 2. The molecule has 0 amide bonds. The molecule has 0 saturated heterocycles. The first-order valence-corrected chi connectivity index (χ1v) is 23.0.